The van der Waals surface area contributed by atoms with E-state index in [0.717, 1.165) is 25.2 Å². The van der Waals surface area contributed by atoms with Crippen LogP contribution < -0.4 is 5.90 Å². The molecule has 2 rings (SSSR count). The van der Waals surface area contributed by atoms with Crippen molar-refractivity contribution >= 4 is 15.6 Å². The number of halogens is 3. The van der Waals surface area contributed by atoms with Crippen LogP contribution in [-0.2, 0) is 20.9 Å². The fourth-order valence-electron chi connectivity index (χ4n) is 2.34. The molecule has 0 atom stereocenters. The zero-order chi connectivity index (χ0) is 18.3. The van der Waals surface area contributed by atoms with Gasteiger partial charge in [0.25, 0.3) is 0 Å². The average Bonchev–Trinajstić information content (AvgIpc) is 3.29. The lowest BCUT2D eigenvalue weighted by molar-refractivity contribution is -0.137. The normalized spacial score (nSPS) is 16.6. The summed E-state index contributed by atoms with van der Waals surface area (Å²) in [5, 5.41) is 0. The van der Waals surface area contributed by atoms with Gasteiger partial charge in [0.15, 0.2) is 15.6 Å². The number of Topliss-reactive ketones (excluding diaryl/α,β-unsaturated/α-hetero) is 1. The zero-order valence-corrected chi connectivity index (χ0v) is 13.8. The van der Waals surface area contributed by atoms with Gasteiger partial charge in [-0.05, 0) is 38.0 Å². The number of hydrogen-bond acceptors (Lipinski definition) is 5. The van der Waals surface area contributed by atoms with Crippen molar-refractivity contribution in [2.45, 2.75) is 30.8 Å². The van der Waals surface area contributed by atoms with Crippen LogP contribution in [0.5, 0.6) is 0 Å². The lowest BCUT2D eigenvalue weighted by Crippen LogP contribution is -2.15. The largest absolute Gasteiger partial charge is 0.416 e. The first-order valence-electron chi connectivity index (χ1n) is 7.00. The number of carbonyl (C=O) groups excluding carboxylic acids is 1. The maximum atomic E-state index is 12.8. The van der Waals surface area contributed by atoms with Crippen molar-refractivity contribution in [2.24, 2.45) is 11.8 Å². The van der Waals surface area contributed by atoms with E-state index in [1.165, 1.54) is 6.92 Å². The minimum Gasteiger partial charge on any atom is -0.415 e. The first kappa shape index (κ1) is 18.5. The number of alkyl halides is 3. The van der Waals surface area contributed by atoms with Gasteiger partial charge in [0.1, 0.15) is 5.76 Å². The molecule has 9 heteroatoms. The van der Waals surface area contributed by atoms with Crippen LogP contribution in [0.2, 0.25) is 0 Å². The van der Waals surface area contributed by atoms with Gasteiger partial charge in [0.05, 0.1) is 10.5 Å². The molecule has 0 radical (unpaired) electrons. The summed E-state index contributed by atoms with van der Waals surface area (Å²) >= 11 is 0. The van der Waals surface area contributed by atoms with Crippen molar-refractivity contribution < 1.29 is 31.2 Å². The molecule has 1 aliphatic carbocycles. The van der Waals surface area contributed by atoms with Gasteiger partial charge >= 0.3 is 6.18 Å². The Kier molecular flexibility index (Phi) is 4.78. The quantitative estimate of drug-likeness (QED) is 0.376. The fraction of sp³-hybridized carbons (Fsp3) is 0.400. The van der Waals surface area contributed by atoms with E-state index >= 15 is 0 Å². The van der Waals surface area contributed by atoms with Crippen LogP contribution in [0.1, 0.15) is 35.7 Å². The second kappa shape index (κ2) is 6.21. The molecule has 0 spiro atoms. The SMILES string of the molecule is C/C(C(=O)c1ccc(C(F)(F)F)cc1S(C)(=O)=O)=C(\ON)C1CC1. The van der Waals surface area contributed by atoms with E-state index in [4.69, 9.17) is 10.7 Å². The number of nitrogens with two attached hydrogens (primary N) is 1. The third-order valence-corrected chi connectivity index (χ3v) is 4.88. The van der Waals surface area contributed by atoms with Crippen molar-refractivity contribution in [3.05, 3.63) is 40.7 Å². The summed E-state index contributed by atoms with van der Waals surface area (Å²) in [5.74, 6) is 4.65. The van der Waals surface area contributed by atoms with Crippen LogP contribution in [0, 0.1) is 5.92 Å². The van der Waals surface area contributed by atoms with Gasteiger partial charge in [0, 0.05) is 23.3 Å². The lowest BCUT2D eigenvalue weighted by atomic mass is 10.0. The number of sulfone groups is 1. The maximum Gasteiger partial charge on any atom is 0.416 e. The lowest BCUT2D eigenvalue weighted by Gasteiger charge is -2.13. The molecule has 1 aromatic rings. The van der Waals surface area contributed by atoms with E-state index < -0.39 is 32.3 Å². The van der Waals surface area contributed by atoms with Crippen molar-refractivity contribution in [1.82, 2.24) is 0 Å². The topological polar surface area (TPSA) is 86.5 Å². The molecule has 0 aromatic heterocycles. The van der Waals surface area contributed by atoms with Gasteiger partial charge in [-0.3, -0.25) is 4.79 Å². The summed E-state index contributed by atoms with van der Waals surface area (Å²) in [4.78, 5) is 16.6. The standard InChI is InChI=1S/C15H16F3NO4S/c1-8(14(23-19)9-3-4-9)13(20)11-6-5-10(15(16,17)18)7-12(11)24(2,21)22/h5-7,9H,3-4,19H2,1-2H3/b14-8+. The minimum absolute atomic E-state index is 0.0184. The zero-order valence-electron chi connectivity index (χ0n) is 13.0. The van der Waals surface area contributed by atoms with Crippen LogP contribution in [0.25, 0.3) is 0 Å². The van der Waals surface area contributed by atoms with E-state index in [-0.39, 0.29) is 22.8 Å². The molecule has 5 nitrogen and oxygen atoms in total. The Balaban J connectivity index is 2.59. The summed E-state index contributed by atoms with van der Waals surface area (Å²) in [7, 11) is -4.05. The average molecular weight is 363 g/mol. The van der Waals surface area contributed by atoms with Gasteiger partial charge in [0.2, 0.25) is 0 Å². The monoisotopic (exact) mass is 363 g/mol. The van der Waals surface area contributed by atoms with Crippen molar-refractivity contribution in [1.29, 1.82) is 0 Å². The first-order valence-corrected chi connectivity index (χ1v) is 8.89. The summed E-state index contributed by atoms with van der Waals surface area (Å²) in [6, 6.07) is 2.01. The Labute approximate surface area is 137 Å². The van der Waals surface area contributed by atoms with Crippen LogP contribution in [0.4, 0.5) is 13.2 Å². The summed E-state index contributed by atoms with van der Waals surface area (Å²) in [6.45, 7) is 1.41. The molecule has 0 unspecified atom stereocenters. The van der Waals surface area contributed by atoms with Gasteiger partial charge in [-0.1, -0.05) is 0 Å². The summed E-state index contributed by atoms with van der Waals surface area (Å²) in [6.07, 6.45) is -2.41. The van der Waals surface area contributed by atoms with Crippen molar-refractivity contribution in [2.75, 3.05) is 6.26 Å². The molecule has 0 saturated heterocycles. The number of benzene rings is 1. The van der Waals surface area contributed by atoms with Crippen molar-refractivity contribution in [3.8, 4) is 0 Å². The molecule has 1 fully saturated rings. The van der Waals surface area contributed by atoms with E-state index in [9.17, 15) is 26.4 Å². The summed E-state index contributed by atoms with van der Waals surface area (Å²) < 4.78 is 62.2. The predicted octanol–water partition coefficient (Wildman–Crippen LogP) is 2.87. The Hall–Kier alpha value is -1.87. The van der Waals surface area contributed by atoms with Gasteiger partial charge in [-0.15, -0.1) is 0 Å². The van der Waals surface area contributed by atoms with Crippen LogP contribution in [0.3, 0.4) is 0 Å². The van der Waals surface area contributed by atoms with Gasteiger partial charge in [-0.2, -0.15) is 19.1 Å². The molecule has 0 bridgehead atoms. The number of rotatable bonds is 5. The number of allylic oxidation sites excluding steroid dienone is 2. The molecular weight excluding hydrogens is 347 g/mol. The summed E-state index contributed by atoms with van der Waals surface area (Å²) in [5.41, 5.74) is -1.39. The second-order valence-corrected chi connectivity index (χ2v) is 7.68. The maximum absolute atomic E-state index is 12.8. The highest BCUT2D eigenvalue weighted by Gasteiger charge is 2.35. The highest BCUT2D eigenvalue weighted by atomic mass is 32.2. The minimum atomic E-state index is -4.72. The Bertz CT molecular complexity index is 808. The fourth-order valence-corrected chi connectivity index (χ4v) is 3.24. The number of hydrogen-bond donors (Lipinski definition) is 1. The van der Waals surface area contributed by atoms with E-state index in [0.29, 0.717) is 12.1 Å². The van der Waals surface area contributed by atoms with Crippen LogP contribution in [-0.4, -0.2) is 20.5 Å². The highest BCUT2D eigenvalue weighted by Crippen LogP contribution is 2.39. The smallest absolute Gasteiger partial charge is 0.415 e. The molecule has 24 heavy (non-hydrogen) atoms. The second-order valence-electron chi connectivity index (χ2n) is 5.69. The Morgan fingerprint density at radius 1 is 1.29 bits per heavy atom. The third-order valence-electron chi connectivity index (χ3n) is 3.74. The van der Waals surface area contributed by atoms with E-state index in [1.54, 1.807) is 0 Å². The number of carbonyl (C=O) groups is 1. The molecule has 2 N–H and O–H groups in total. The van der Waals surface area contributed by atoms with Crippen molar-refractivity contribution in [3.63, 3.8) is 0 Å². The molecule has 0 aliphatic heterocycles. The molecule has 1 aliphatic rings. The molecular formula is C15H16F3NO4S. The highest BCUT2D eigenvalue weighted by molar-refractivity contribution is 7.90. The molecule has 0 amide bonds. The molecule has 1 saturated carbocycles. The molecule has 132 valence electrons. The number of ketones is 1. The predicted molar refractivity (Wildman–Crippen MR) is 79.6 cm³/mol. The molecule has 0 heterocycles. The van der Waals surface area contributed by atoms with E-state index in [1.807, 2.05) is 0 Å². The van der Waals surface area contributed by atoms with Crippen LogP contribution >= 0.6 is 0 Å². The van der Waals surface area contributed by atoms with E-state index in [2.05, 4.69) is 0 Å². The van der Waals surface area contributed by atoms with Crippen LogP contribution in [0.15, 0.2) is 34.4 Å². The van der Waals surface area contributed by atoms with Gasteiger partial charge in [-0.25, -0.2) is 8.42 Å². The Morgan fingerprint density at radius 2 is 1.88 bits per heavy atom. The third kappa shape index (κ3) is 3.78. The Morgan fingerprint density at radius 3 is 2.29 bits per heavy atom. The van der Waals surface area contributed by atoms with Gasteiger partial charge < -0.3 is 4.84 Å². The molecule has 1 aromatic carbocycles. The first-order chi connectivity index (χ1) is 11.0.